The number of hydrogen-bond acceptors (Lipinski definition) is 6. The van der Waals surface area contributed by atoms with Crippen LogP contribution in [0.4, 0.5) is 5.82 Å². The summed E-state index contributed by atoms with van der Waals surface area (Å²) in [5, 5.41) is 3.53. The summed E-state index contributed by atoms with van der Waals surface area (Å²) in [4.78, 5) is 16.6. The average molecular weight is 326 g/mol. The van der Waals surface area contributed by atoms with Gasteiger partial charge in [-0.1, -0.05) is 13.3 Å². The quantitative estimate of drug-likeness (QED) is 0.547. The van der Waals surface area contributed by atoms with Crippen LogP contribution in [-0.2, 0) is 6.42 Å². The molecule has 7 heteroatoms. The summed E-state index contributed by atoms with van der Waals surface area (Å²) in [7, 11) is 0. The van der Waals surface area contributed by atoms with Crippen molar-refractivity contribution in [1.82, 2.24) is 10.3 Å². The molecular weight excluding hydrogens is 304 g/mol. The van der Waals surface area contributed by atoms with Gasteiger partial charge in [-0.2, -0.15) is 23.5 Å². The first kappa shape index (κ1) is 16.5. The van der Waals surface area contributed by atoms with Crippen LogP contribution in [-0.4, -0.2) is 39.9 Å². The summed E-state index contributed by atoms with van der Waals surface area (Å²) in [6.45, 7) is 2.80. The first-order valence-electron chi connectivity index (χ1n) is 7.18. The molecule has 21 heavy (non-hydrogen) atoms. The molecule has 2 rings (SSSR count). The summed E-state index contributed by atoms with van der Waals surface area (Å²) in [5.74, 6) is 9.40. The molecule has 0 aromatic carbocycles. The standard InChI is InChI=1S/C14H22N4OS2/c1-2-3-11-6-10(7-13(17-11)18-15)14(19)16-8-12-9-20-4-5-21-12/h6-7,12H,2-5,8-9,15H2,1H3,(H,16,19)(H,17,18). The number of aromatic nitrogens is 1. The first-order chi connectivity index (χ1) is 10.2. The largest absolute Gasteiger partial charge is 0.351 e. The molecule has 0 saturated carbocycles. The maximum atomic E-state index is 12.3. The summed E-state index contributed by atoms with van der Waals surface area (Å²) in [6.07, 6.45) is 1.82. The molecule has 1 saturated heterocycles. The summed E-state index contributed by atoms with van der Waals surface area (Å²) < 4.78 is 0. The van der Waals surface area contributed by atoms with Gasteiger partial charge in [-0.05, 0) is 18.6 Å². The van der Waals surface area contributed by atoms with Crippen LogP contribution >= 0.6 is 23.5 Å². The number of nitrogens with one attached hydrogen (secondary N) is 2. The molecule has 1 amide bonds. The molecule has 1 aliphatic heterocycles. The molecule has 1 atom stereocenters. The van der Waals surface area contributed by atoms with Crippen LogP contribution in [0, 0.1) is 0 Å². The Morgan fingerprint density at radius 2 is 2.33 bits per heavy atom. The summed E-state index contributed by atoms with van der Waals surface area (Å²) >= 11 is 3.90. The third-order valence-corrected chi connectivity index (χ3v) is 6.01. The van der Waals surface area contributed by atoms with Crippen molar-refractivity contribution in [1.29, 1.82) is 0 Å². The average Bonchev–Trinajstić information content (AvgIpc) is 2.53. The Bertz CT molecular complexity index is 478. The van der Waals surface area contributed by atoms with E-state index in [1.807, 2.05) is 29.6 Å². The highest BCUT2D eigenvalue weighted by molar-refractivity contribution is 8.06. The predicted molar refractivity (Wildman–Crippen MR) is 91.9 cm³/mol. The molecular formula is C14H22N4OS2. The molecule has 1 aromatic heterocycles. The van der Waals surface area contributed by atoms with E-state index in [9.17, 15) is 4.79 Å². The van der Waals surface area contributed by atoms with E-state index < -0.39 is 0 Å². The molecule has 4 N–H and O–H groups in total. The van der Waals surface area contributed by atoms with E-state index in [1.54, 1.807) is 6.07 Å². The fraction of sp³-hybridized carbons (Fsp3) is 0.571. The fourth-order valence-electron chi connectivity index (χ4n) is 2.14. The van der Waals surface area contributed by atoms with E-state index in [-0.39, 0.29) is 5.91 Å². The molecule has 0 spiro atoms. The Labute approximate surface area is 134 Å². The van der Waals surface area contributed by atoms with Gasteiger partial charge in [0, 0.05) is 40.3 Å². The smallest absolute Gasteiger partial charge is 0.251 e. The Balaban J connectivity index is 1.98. The number of nitrogens with two attached hydrogens (primary N) is 1. The molecule has 1 aliphatic rings. The van der Waals surface area contributed by atoms with E-state index in [2.05, 4.69) is 22.7 Å². The Morgan fingerprint density at radius 3 is 3.00 bits per heavy atom. The van der Waals surface area contributed by atoms with Crippen molar-refractivity contribution in [3.63, 3.8) is 0 Å². The van der Waals surface area contributed by atoms with Crippen molar-refractivity contribution in [2.45, 2.75) is 25.0 Å². The third kappa shape index (κ3) is 5.09. The molecule has 2 heterocycles. The van der Waals surface area contributed by atoms with Crippen LogP contribution < -0.4 is 16.6 Å². The minimum absolute atomic E-state index is 0.0533. The normalized spacial score (nSPS) is 18.3. The zero-order valence-corrected chi connectivity index (χ0v) is 13.9. The monoisotopic (exact) mass is 326 g/mol. The number of hydrazine groups is 1. The van der Waals surface area contributed by atoms with Crippen LogP contribution in [0.1, 0.15) is 29.4 Å². The van der Waals surface area contributed by atoms with Crippen LogP contribution in [0.2, 0.25) is 0 Å². The minimum atomic E-state index is -0.0533. The molecule has 5 nitrogen and oxygen atoms in total. The van der Waals surface area contributed by atoms with Crippen molar-refractivity contribution in [3.8, 4) is 0 Å². The second kappa shape index (κ2) is 8.51. The van der Waals surface area contributed by atoms with Gasteiger partial charge >= 0.3 is 0 Å². The van der Waals surface area contributed by atoms with Gasteiger partial charge in [0.1, 0.15) is 5.82 Å². The van der Waals surface area contributed by atoms with Crippen molar-refractivity contribution in [2.75, 3.05) is 29.2 Å². The van der Waals surface area contributed by atoms with Crippen molar-refractivity contribution in [2.24, 2.45) is 5.84 Å². The van der Waals surface area contributed by atoms with Crippen molar-refractivity contribution >= 4 is 35.2 Å². The van der Waals surface area contributed by atoms with Gasteiger partial charge in [0.2, 0.25) is 0 Å². The lowest BCUT2D eigenvalue weighted by molar-refractivity contribution is 0.0954. The highest BCUT2D eigenvalue weighted by Gasteiger charge is 2.16. The van der Waals surface area contributed by atoms with Crippen LogP contribution in [0.15, 0.2) is 12.1 Å². The number of rotatable bonds is 6. The second-order valence-electron chi connectivity index (χ2n) is 4.90. The van der Waals surface area contributed by atoms with Gasteiger partial charge in [-0.3, -0.25) is 4.79 Å². The van der Waals surface area contributed by atoms with Crippen LogP contribution in [0.5, 0.6) is 0 Å². The predicted octanol–water partition coefficient (Wildman–Crippen LogP) is 1.90. The van der Waals surface area contributed by atoms with Crippen molar-refractivity contribution < 1.29 is 4.79 Å². The van der Waals surface area contributed by atoms with Gasteiger partial charge in [-0.15, -0.1) is 0 Å². The van der Waals surface area contributed by atoms with Gasteiger partial charge in [-0.25, -0.2) is 10.8 Å². The number of pyridine rings is 1. The van der Waals surface area contributed by atoms with Gasteiger partial charge in [0.05, 0.1) is 0 Å². The minimum Gasteiger partial charge on any atom is -0.351 e. The van der Waals surface area contributed by atoms with E-state index in [1.165, 1.54) is 11.5 Å². The molecule has 0 aliphatic carbocycles. The van der Waals surface area contributed by atoms with Crippen LogP contribution in [0.3, 0.4) is 0 Å². The van der Waals surface area contributed by atoms with Gasteiger partial charge in [0.25, 0.3) is 5.91 Å². The third-order valence-electron chi connectivity index (χ3n) is 3.17. The van der Waals surface area contributed by atoms with E-state index in [0.717, 1.165) is 24.3 Å². The number of amides is 1. The number of anilines is 1. The van der Waals surface area contributed by atoms with Crippen molar-refractivity contribution in [3.05, 3.63) is 23.4 Å². The topological polar surface area (TPSA) is 80.0 Å². The van der Waals surface area contributed by atoms with E-state index >= 15 is 0 Å². The Morgan fingerprint density at radius 1 is 1.48 bits per heavy atom. The summed E-state index contributed by atoms with van der Waals surface area (Å²) in [5.41, 5.74) is 4.04. The SMILES string of the molecule is CCCc1cc(C(=O)NCC2CSCCS2)cc(NN)n1. The Hall–Kier alpha value is -0.920. The number of aryl methyl sites for hydroxylation is 1. The lowest BCUT2D eigenvalue weighted by Gasteiger charge is -2.21. The fourth-order valence-corrected chi connectivity index (χ4v) is 4.75. The van der Waals surface area contributed by atoms with Gasteiger partial charge < -0.3 is 10.7 Å². The zero-order chi connectivity index (χ0) is 15.1. The number of nitrogen functional groups attached to an aromatic ring is 1. The highest BCUT2D eigenvalue weighted by atomic mass is 32.2. The Kier molecular flexibility index (Phi) is 6.66. The second-order valence-corrected chi connectivity index (χ2v) is 7.46. The first-order valence-corrected chi connectivity index (χ1v) is 9.38. The number of hydrogen-bond donors (Lipinski definition) is 3. The zero-order valence-electron chi connectivity index (χ0n) is 12.2. The number of nitrogens with zero attached hydrogens (tertiary/aromatic N) is 1. The maximum absolute atomic E-state index is 12.3. The molecule has 116 valence electrons. The van der Waals surface area contributed by atoms with E-state index in [4.69, 9.17) is 5.84 Å². The number of carbonyl (C=O) groups is 1. The molecule has 1 fully saturated rings. The molecule has 0 radical (unpaired) electrons. The molecule has 1 aromatic rings. The number of carbonyl (C=O) groups excluding carboxylic acids is 1. The molecule has 0 bridgehead atoms. The highest BCUT2D eigenvalue weighted by Crippen LogP contribution is 2.23. The number of thioether (sulfide) groups is 2. The molecule has 1 unspecified atom stereocenters. The lowest BCUT2D eigenvalue weighted by atomic mass is 10.1. The summed E-state index contributed by atoms with van der Waals surface area (Å²) in [6, 6.07) is 3.54. The maximum Gasteiger partial charge on any atom is 0.251 e. The van der Waals surface area contributed by atoms with Gasteiger partial charge in [0.15, 0.2) is 0 Å². The van der Waals surface area contributed by atoms with Crippen LogP contribution in [0.25, 0.3) is 0 Å². The lowest BCUT2D eigenvalue weighted by Crippen LogP contribution is -2.33. The van der Waals surface area contributed by atoms with E-state index in [0.29, 0.717) is 23.2 Å².